The molecule has 0 aliphatic heterocycles. The van der Waals surface area contributed by atoms with Crippen LogP contribution < -0.4 is 10.1 Å². The SMILES string of the molecule is CNC(c1csnn1)c1ccccc1OC(C)C. The molecule has 0 fully saturated rings. The molecule has 1 aromatic carbocycles. The molecule has 4 nitrogen and oxygen atoms in total. The van der Waals surface area contributed by atoms with Gasteiger partial charge in [0.15, 0.2) is 0 Å². The highest BCUT2D eigenvalue weighted by Gasteiger charge is 2.19. The van der Waals surface area contributed by atoms with Gasteiger partial charge in [-0.2, -0.15) is 0 Å². The second kappa shape index (κ2) is 5.93. The first-order valence-corrected chi connectivity index (χ1v) is 6.76. The molecule has 2 rings (SSSR count). The standard InChI is InChI=1S/C13H17N3OS/c1-9(2)17-12-7-5-4-6-10(12)13(14-3)11-8-18-16-15-11/h4-9,13-14H,1-3H3. The van der Waals surface area contributed by atoms with E-state index in [1.807, 2.05) is 44.5 Å². The first-order valence-electron chi connectivity index (χ1n) is 5.92. The number of hydrogen-bond donors (Lipinski definition) is 1. The van der Waals surface area contributed by atoms with Gasteiger partial charge in [0.1, 0.15) is 5.75 Å². The number of nitrogens with zero attached hydrogens (tertiary/aromatic N) is 2. The quantitative estimate of drug-likeness (QED) is 0.901. The predicted molar refractivity (Wildman–Crippen MR) is 73.0 cm³/mol. The summed E-state index contributed by atoms with van der Waals surface area (Å²) in [6.07, 6.45) is 0.150. The van der Waals surface area contributed by atoms with Crippen molar-refractivity contribution >= 4 is 11.5 Å². The predicted octanol–water partition coefficient (Wildman–Crippen LogP) is 2.63. The molecule has 0 radical (unpaired) electrons. The summed E-state index contributed by atoms with van der Waals surface area (Å²) in [6, 6.07) is 8.04. The van der Waals surface area contributed by atoms with Gasteiger partial charge < -0.3 is 10.1 Å². The monoisotopic (exact) mass is 263 g/mol. The molecule has 0 saturated heterocycles. The third kappa shape index (κ3) is 2.86. The number of para-hydroxylation sites is 1. The first-order chi connectivity index (χ1) is 8.72. The molecule has 2 aromatic rings. The molecule has 0 spiro atoms. The van der Waals surface area contributed by atoms with E-state index in [0.29, 0.717) is 0 Å². The van der Waals surface area contributed by atoms with Gasteiger partial charge in [-0.05, 0) is 38.5 Å². The minimum absolute atomic E-state index is 0.0127. The topological polar surface area (TPSA) is 47.0 Å². The van der Waals surface area contributed by atoms with Crippen LogP contribution in [-0.2, 0) is 0 Å². The zero-order chi connectivity index (χ0) is 13.0. The third-order valence-electron chi connectivity index (χ3n) is 2.55. The van der Waals surface area contributed by atoms with E-state index in [2.05, 4.69) is 21.0 Å². The van der Waals surface area contributed by atoms with Crippen LogP contribution in [0.5, 0.6) is 5.75 Å². The van der Waals surface area contributed by atoms with Gasteiger partial charge in [-0.1, -0.05) is 22.7 Å². The maximum atomic E-state index is 5.84. The average Bonchev–Trinajstić information content (AvgIpc) is 2.85. The van der Waals surface area contributed by atoms with E-state index in [1.165, 1.54) is 11.5 Å². The van der Waals surface area contributed by atoms with Crippen molar-refractivity contribution in [1.29, 1.82) is 0 Å². The lowest BCUT2D eigenvalue weighted by Gasteiger charge is -2.19. The Morgan fingerprint density at radius 3 is 2.67 bits per heavy atom. The molecule has 0 aliphatic carbocycles. The Morgan fingerprint density at radius 1 is 1.28 bits per heavy atom. The number of aromatic nitrogens is 2. The number of hydrogen-bond acceptors (Lipinski definition) is 5. The maximum absolute atomic E-state index is 5.84. The summed E-state index contributed by atoms with van der Waals surface area (Å²) < 4.78 is 9.76. The zero-order valence-corrected chi connectivity index (χ0v) is 11.6. The van der Waals surface area contributed by atoms with Crippen molar-refractivity contribution in [2.75, 3.05) is 7.05 Å². The van der Waals surface area contributed by atoms with Gasteiger partial charge in [0.2, 0.25) is 0 Å². The Balaban J connectivity index is 2.36. The van der Waals surface area contributed by atoms with Crippen molar-refractivity contribution in [3.8, 4) is 5.75 Å². The number of nitrogens with one attached hydrogen (secondary N) is 1. The van der Waals surface area contributed by atoms with Gasteiger partial charge in [-0.15, -0.1) is 5.10 Å². The van der Waals surface area contributed by atoms with E-state index >= 15 is 0 Å². The van der Waals surface area contributed by atoms with Gasteiger partial charge >= 0.3 is 0 Å². The Kier molecular flexibility index (Phi) is 4.28. The molecular weight excluding hydrogens is 246 g/mol. The zero-order valence-electron chi connectivity index (χ0n) is 10.8. The van der Waals surface area contributed by atoms with Crippen LogP contribution in [0.2, 0.25) is 0 Å². The molecular formula is C13H17N3OS. The van der Waals surface area contributed by atoms with E-state index in [4.69, 9.17) is 4.74 Å². The van der Waals surface area contributed by atoms with E-state index in [0.717, 1.165) is 17.0 Å². The van der Waals surface area contributed by atoms with E-state index in [1.54, 1.807) is 0 Å². The third-order valence-corrected chi connectivity index (χ3v) is 3.08. The van der Waals surface area contributed by atoms with Gasteiger partial charge in [-0.25, -0.2) is 0 Å². The Bertz CT molecular complexity index is 485. The molecule has 1 unspecified atom stereocenters. The highest BCUT2D eigenvalue weighted by atomic mass is 32.1. The van der Waals surface area contributed by atoms with Crippen molar-refractivity contribution in [2.45, 2.75) is 26.0 Å². The van der Waals surface area contributed by atoms with Gasteiger partial charge in [0, 0.05) is 10.9 Å². The normalized spacial score (nSPS) is 12.7. The smallest absolute Gasteiger partial charge is 0.124 e. The fraction of sp³-hybridized carbons (Fsp3) is 0.385. The minimum atomic E-state index is 0.0127. The van der Waals surface area contributed by atoms with E-state index in [9.17, 15) is 0 Å². The fourth-order valence-corrected chi connectivity index (χ4v) is 2.32. The lowest BCUT2D eigenvalue weighted by molar-refractivity contribution is 0.238. The lowest BCUT2D eigenvalue weighted by atomic mass is 10.0. The summed E-state index contributed by atoms with van der Waals surface area (Å²) in [7, 11) is 1.91. The largest absolute Gasteiger partial charge is 0.491 e. The summed E-state index contributed by atoms with van der Waals surface area (Å²) in [5, 5.41) is 9.34. The van der Waals surface area contributed by atoms with Crippen molar-refractivity contribution in [1.82, 2.24) is 14.9 Å². The van der Waals surface area contributed by atoms with Crippen LogP contribution in [0.25, 0.3) is 0 Å². The molecule has 1 heterocycles. The molecule has 0 bridgehead atoms. The number of ether oxygens (including phenoxy) is 1. The van der Waals surface area contributed by atoms with Crippen LogP contribution in [0.1, 0.15) is 31.1 Å². The summed E-state index contributed by atoms with van der Waals surface area (Å²) in [5.41, 5.74) is 2.00. The highest BCUT2D eigenvalue weighted by molar-refractivity contribution is 7.03. The summed E-state index contributed by atoms with van der Waals surface area (Å²) in [4.78, 5) is 0. The average molecular weight is 263 g/mol. The van der Waals surface area contributed by atoms with Crippen LogP contribution in [-0.4, -0.2) is 22.7 Å². The first kappa shape index (κ1) is 13.0. The van der Waals surface area contributed by atoms with Crippen LogP contribution in [0.4, 0.5) is 0 Å². The number of rotatable bonds is 5. The second-order valence-corrected chi connectivity index (χ2v) is 4.87. The molecule has 0 amide bonds. The van der Waals surface area contributed by atoms with Crippen LogP contribution in [0, 0.1) is 0 Å². The highest BCUT2D eigenvalue weighted by Crippen LogP contribution is 2.29. The Labute approximate surface area is 111 Å². The lowest BCUT2D eigenvalue weighted by Crippen LogP contribution is -2.20. The van der Waals surface area contributed by atoms with Crippen LogP contribution in [0.15, 0.2) is 29.6 Å². The van der Waals surface area contributed by atoms with E-state index in [-0.39, 0.29) is 12.1 Å². The van der Waals surface area contributed by atoms with Gasteiger partial charge in [-0.3, -0.25) is 0 Å². The molecule has 96 valence electrons. The molecule has 18 heavy (non-hydrogen) atoms. The van der Waals surface area contributed by atoms with Gasteiger partial charge in [0.25, 0.3) is 0 Å². The van der Waals surface area contributed by atoms with E-state index < -0.39 is 0 Å². The minimum Gasteiger partial charge on any atom is -0.491 e. The summed E-state index contributed by atoms with van der Waals surface area (Å²) >= 11 is 1.36. The van der Waals surface area contributed by atoms with Crippen molar-refractivity contribution in [3.05, 3.63) is 40.9 Å². The molecule has 1 atom stereocenters. The van der Waals surface area contributed by atoms with Crippen molar-refractivity contribution in [2.24, 2.45) is 0 Å². The Hall–Kier alpha value is -1.46. The van der Waals surface area contributed by atoms with Crippen LogP contribution in [0.3, 0.4) is 0 Å². The number of benzene rings is 1. The maximum Gasteiger partial charge on any atom is 0.124 e. The molecule has 1 aromatic heterocycles. The summed E-state index contributed by atoms with van der Waals surface area (Å²) in [6.45, 7) is 4.05. The molecule has 0 aliphatic rings. The van der Waals surface area contributed by atoms with Crippen LogP contribution >= 0.6 is 11.5 Å². The molecule has 1 N–H and O–H groups in total. The second-order valence-electron chi connectivity index (χ2n) is 4.26. The molecule has 0 saturated carbocycles. The fourth-order valence-electron chi connectivity index (χ4n) is 1.84. The van der Waals surface area contributed by atoms with Crippen molar-refractivity contribution < 1.29 is 4.74 Å². The Morgan fingerprint density at radius 2 is 2.06 bits per heavy atom. The summed E-state index contributed by atoms with van der Waals surface area (Å²) in [5.74, 6) is 0.889. The van der Waals surface area contributed by atoms with Gasteiger partial charge in [0.05, 0.1) is 17.8 Å². The van der Waals surface area contributed by atoms with Crippen molar-refractivity contribution in [3.63, 3.8) is 0 Å². The molecule has 5 heteroatoms.